The molecular formula is C19H24N4O4. The molecule has 0 bridgehead atoms. The van der Waals surface area contributed by atoms with Crippen molar-refractivity contribution >= 4 is 17.7 Å². The van der Waals surface area contributed by atoms with Crippen molar-refractivity contribution < 1.29 is 19.4 Å². The van der Waals surface area contributed by atoms with E-state index < -0.39 is 5.60 Å². The largest absolute Gasteiger partial charge is 0.508 e. The van der Waals surface area contributed by atoms with Crippen LogP contribution in [-0.2, 0) is 24.8 Å². The Kier molecular flexibility index (Phi) is 4.82. The van der Waals surface area contributed by atoms with Gasteiger partial charge in [0.25, 0.3) is 5.91 Å². The standard InChI is InChI=1S/C19H24N4O4/c1-19(2,3)27-18(26)23-9-8-14-15(11-23)22(4)21-16(14)17(25)20-12-6-5-7-13(24)10-12/h5-7,10,24H,8-9,11H2,1-4H3,(H,20,25). The quantitative estimate of drug-likeness (QED) is 0.845. The molecule has 2 N–H and O–H groups in total. The third-order valence-corrected chi connectivity index (χ3v) is 4.22. The monoisotopic (exact) mass is 372 g/mol. The van der Waals surface area contributed by atoms with Gasteiger partial charge in [-0.15, -0.1) is 0 Å². The van der Waals surface area contributed by atoms with Crippen LogP contribution in [0.2, 0.25) is 0 Å². The van der Waals surface area contributed by atoms with E-state index in [9.17, 15) is 14.7 Å². The Morgan fingerprint density at radius 1 is 1.30 bits per heavy atom. The molecule has 1 aliphatic rings. The third-order valence-electron chi connectivity index (χ3n) is 4.22. The van der Waals surface area contributed by atoms with Gasteiger partial charge in [-0.2, -0.15) is 5.10 Å². The summed E-state index contributed by atoms with van der Waals surface area (Å²) in [5.74, 6) is -0.271. The number of rotatable bonds is 2. The molecule has 3 rings (SSSR count). The molecule has 27 heavy (non-hydrogen) atoms. The zero-order valence-electron chi connectivity index (χ0n) is 15.9. The molecule has 0 unspecified atom stereocenters. The SMILES string of the molecule is Cn1nc(C(=O)Nc2cccc(O)c2)c2c1CN(C(=O)OC(C)(C)C)CC2. The first-order chi connectivity index (χ1) is 12.6. The predicted molar refractivity (Wildman–Crippen MR) is 99.6 cm³/mol. The van der Waals surface area contributed by atoms with Gasteiger partial charge in [0.1, 0.15) is 11.4 Å². The number of phenols is 1. The van der Waals surface area contributed by atoms with Crippen LogP contribution in [-0.4, -0.2) is 43.9 Å². The number of hydrogen-bond acceptors (Lipinski definition) is 5. The molecule has 8 heteroatoms. The number of benzene rings is 1. The van der Waals surface area contributed by atoms with Gasteiger partial charge in [-0.3, -0.25) is 9.48 Å². The van der Waals surface area contributed by atoms with Gasteiger partial charge in [0.15, 0.2) is 5.69 Å². The molecule has 0 saturated heterocycles. The molecule has 0 atom stereocenters. The van der Waals surface area contributed by atoms with Crippen molar-refractivity contribution in [3.05, 3.63) is 41.2 Å². The lowest BCUT2D eigenvalue weighted by atomic mass is 10.0. The molecule has 1 aromatic heterocycles. The minimum Gasteiger partial charge on any atom is -0.508 e. The van der Waals surface area contributed by atoms with E-state index in [1.165, 1.54) is 12.1 Å². The Hall–Kier alpha value is -3.03. The van der Waals surface area contributed by atoms with Crippen molar-refractivity contribution in [3.63, 3.8) is 0 Å². The second kappa shape index (κ2) is 6.94. The van der Waals surface area contributed by atoms with Gasteiger partial charge in [-0.1, -0.05) is 6.07 Å². The van der Waals surface area contributed by atoms with E-state index >= 15 is 0 Å². The summed E-state index contributed by atoms with van der Waals surface area (Å²) in [7, 11) is 1.75. The number of aryl methyl sites for hydroxylation is 1. The van der Waals surface area contributed by atoms with Crippen LogP contribution in [0, 0.1) is 0 Å². The number of amides is 2. The summed E-state index contributed by atoms with van der Waals surface area (Å²) < 4.78 is 7.06. The van der Waals surface area contributed by atoms with E-state index in [4.69, 9.17) is 4.74 Å². The highest BCUT2D eigenvalue weighted by atomic mass is 16.6. The fraction of sp³-hybridized carbons (Fsp3) is 0.421. The molecule has 2 amide bonds. The Labute approximate surface area is 157 Å². The van der Waals surface area contributed by atoms with Crippen LogP contribution in [0.5, 0.6) is 5.75 Å². The fourth-order valence-corrected chi connectivity index (χ4v) is 3.01. The molecule has 1 aromatic carbocycles. The Morgan fingerprint density at radius 2 is 2.04 bits per heavy atom. The third kappa shape index (κ3) is 4.21. The second-order valence-electron chi connectivity index (χ2n) is 7.55. The number of anilines is 1. The molecule has 1 aliphatic heterocycles. The average Bonchev–Trinajstić information content (AvgIpc) is 2.90. The number of aromatic hydroxyl groups is 1. The van der Waals surface area contributed by atoms with Crippen LogP contribution in [0.3, 0.4) is 0 Å². The first-order valence-electron chi connectivity index (χ1n) is 8.77. The van der Waals surface area contributed by atoms with E-state index in [1.54, 1.807) is 28.8 Å². The van der Waals surface area contributed by atoms with Gasteiger partial charge in [0.05, 0.1) is 12.2 Å². The second-order valence-corrected chi connectivity index (χ2v) is 7.55. The molecule has 2 heterocycles. The van der Waals surface area contributed by atoms with Gasteiger partial charge in [-0.25, -0.2) is 4.79 Å². The molecule has 0 saturated carbocycles. The normalized spacial score (nSPS) is 13.9. The number of nitrogens with zero attached hydrogens (tertiary/aromatic N) is 3. The maximum atomic E-state index is 12.6. The zero-order valence-corrected chi connectivity index (χ0v) is 15.9. The minimum absolute atomic E-state index is 0.0730. The molecule has 0 fully saturated rings. The van der Waals surface area contributed by atoms with Crippen LogP contribution >= 0.6 is 0 Å². The average molecular weight is 372 g/mol. The van der Waals surface area contributed by atoms with Crippen molar-refractivity contribution in [2.24, 2.45) is 7.05 Å². The summed E-state index contributed by atoms with van der Waals surface area (Å²) in [4.78, 5) is 26.6. The number of fused-ring (bicyclic) bond motifs is 1. The fourth-order valence-electron chi connectivity index (χ4n) is 3.01. The lowest BCUT2D eigenvalue weighted by molar-refractivity contribution is 0.0219. The van der Waals surface area contributed by atoms with E-state index in [0.29, 0.717) is 30.9 Å². The van der Waals surface area contributed by atoms with E-state index in [0.717, 1.165) is 11.3 Å². The lowest BCUT2D eigenvalue weighted by Gasteiger charge is -2.30. The highest BCUT2D eigenvalue weighted by Gasteiger charge is 2.31. The summed E-state index contributed by atoms with van der Waals surface area (Å²) in [6.45, 7) is 6.28. The number of phenolic OH excluding ortho intramolecular Hbond substituents is 1. The zero-order chi connectivity index (χ0) is 19.8. The topological polar surface area (TPSA) is 96.7 Å². The first kappa shape index (κ1) is 18.8. The van der Waals surface area contributed by atoms with Crippen molar-refractivity contribution in [1.29, 1.82) is 0 Å². The summed E-state index contributed by atoms with van der Waals surface area (Å²) in [6, 6.07) is 6.34. The van der Waals surface area contributed by atoms with Crippen LogP contribution in [0.25, 0.3) is 0 Å². The van der Waals surface area contributed by atoms with Crippen LogP contribution in [0.1, 0.15) is 42.5 Å². The Balaban J connectivity index is 1.77. The number of hydrogen-bond donors (Lipinski definition) is 2. The Morgan fingerprint density at radius 3 is 2.70 bits per heavy atom. The minimum atomic E-state index is -0.559. The van der Waals surface area contributed by atoms with Gasteiger partial charge < -0.3 is 20.1 Å². The van der Waals surface area contributed by atoms with E-state index in [1.807, 2.05) is 20.8 Å². The van der Waals surface area contributed by atoms with Crippen molar-refractivity contribution in [2.75, 3.05) is 11.9 Å². The molecule has 144 valence electrons. The first-order valence-corrected chi connectivity index (χ1v) is 8.77. The van der Waals surface area contributed by atoms with Gasteiger partial charge in [0.2, 0.25) is 0 Å². The van der Waals surface area contributed by atoms with Crippen molar-refractivity contribution in [3.8, 4) is 5.75 Å². The molecule has 0 spiro atoms. The number of carbonyl (C=O) groups excluding carboxylic acids is 2. The summed E-state index contributed by atoms with van der Waals surface area (Å²) in [5, 5.41) is 16.6. The predicted octanol–water partition coefficient (Wildman–Crippen LogP) is 2.67. The van der Waals surface area contributed by atoms with Gasteiger partial charge in [0, 0.05) is 30.9 Å². The van der Waals surface area contributed by atoms with Crippen LogP contribution < -0.4 is 5.32 Å². The Bertz CT molecular complexity index is 882. The molecule has 8 nitrogen and oxygen atoms in total. The molecule has 2 aromatic rings. The number of ether oxygens (including phenoxy) is 1. The summed E-state index contributed by atoms with van der Waals surface area (Å²) >= 11 is 0. The lowest BCUT2D eigenvalue weighted by Crippen LogP contribution is -2.40. The van der Waals surface area contributed by atoms with Crippen molar-refractivity contribution in [2.45, 2.75) is 39.3 Å². The molecule has 0 aliphatic carbocycles. The van der Waals surface area contributed by atoms with Gasteiger partial charge >= 0.3 is 6.09 Å². The van der Waals surface area contributed by atoms with E-state index in [-0.39, 0.29) is 17.7 Å². The summed E-state index contributed by atoms with van der Waals surface area (Å²) in [5.41, 5.74) is 1.91. The van der Waals surface area contributed by atoms with E-state index in [2.05, 4.69) is 10.4 Å². The number of nitrogens with one attached hydrogen (secondary N) is 1. The van der Waals surface area contributed by atoms with Crippen LogP contribution in [0.15, 0.2) is 24.3 Å². The maximum absolute atomic E-state index is 12.6. The number of carbonyl (C=O) groups is 2. The summed E-state index contributed by atoms with van der Waals surface area (Å²) in [6.07, 6.45) is 0.144. The molecule has 0 radical (unpaired) electrons. The van der Waals surface area contributed by atoms with Gasteiger partial charge in [-0.05, 0) is 39.3 Å². The van der Waals surface area contributed by atoms with Crippen LogP contribution in [0.4, 0.5) is 10.5 Å². The highest BCUT2D eigenvalue weighted by Crippen LogP contribution is 2.25. The molecular weight excluding hydrogens is 348 g/mol. The maximum Gasteiger partial charge on any atom is 0.410 e. The number of aromatic nitrogens is 2. The van der Waals surface area contributed by atoms with Crippen molar-refractivity contribution in [1.82, 2.24) is 14.7 Å². The highest BCUT2D eigenvalue weighted by molar-refractivity contribution is 6.04. The smallest absolute Gasteiger partial charge is 0.410 e.